The molecule has 3 aromatic rings. The van der Waals surface area contributed by atoms with E-state index >= 15 is 0 Å². The molecule has 188 valence electrons. The third-order valence-electron chi connectivity index (χ3n) is 5.71. The number of carbonyl (C=O) groups is 2. The molecule has 3 rings (SSSR count). The van der Waals surface area contributed by atoms with E-state index in [9.17, 15) is 9.59 Å². The minimum absolute atomic E-state index is 0.114. The number of esters is 1. The normalized spacial score (nSPS) is 13.4. The van der Waals surface area contributed by atoms with E-state index in [0.29, 0.717) is 24.3 Å². The molecule has 5 nitrogen and oxygen atoms in total. The van der Waals surface area contributed by atoms with Crippen LogP contribution in [0.4, 0.5) is 0 Å². The molecule has 1 amide bonds. The van der Waals surface area contributed by atoms with E-state index in [1.54, 1.807) is 18.0 Å². The second kappa shape index (κ2) is 12.8. The molecule has 6 heteroatoms. The van der Waals surface area contributed by atoms with Gasteiger partial charge in [-0.2, -0.15) is 11.8 Å². The number of ether oxygens (including phenoxy) is 1. The summed E-state index contributed by atoms with van der Waals surface area (Å²) in [4.78, 5) is 26.4. The van der Waals surface area contributed by atoms with Gasteiger partial charge in [-0.15, -0.1) is 0 Å². The summed E-state index contributed by atoms with van der Waals surface area (Å²) in [6.45, 7) is 7.61. The summed E-state index contributed by atoms with van der Waals surface area (Å²) in [5.74, 6) is 1.41. The van der Waals surface area contributed by atoms with Gasteiger partial charge in [-0.25, -0.2) is 4.79 Å². The van der Waals surface area contributed by atoms with Crippen molar-refractivity contribution < 1.29 is 18.7 Å². The first-order chi connectivity index (χ1) is 16.8. The van der Waals surface area contributed by atoms with Crippen molar-refractivity contribution in [2.75, 3.05) is 5.75 Å². The fraction of sp³-hybridized carbons (Fsp3) is 0.448. The molecule has 0 unspecified atom stereocenters. The number of amides is 1. The monoisotopic (exact) mass is 495 g/mol. The van der Waals surface area contributed by atoms with Gasteiger partial charge in [-0.3, -0.25) is 4.79 Å². The Kier molecular flexibility index (Phi) is 9.84. The summed E-state index contributed by atoms with van der Waals surface area (Å²) < 4.78 is 11.1. The van der Waals surface area contributed by atoms with Crippen molar-refractivity contribution in [1.82, 2.24) is 5.32 Å². The molecular formula is C29H37NO4S. The van der Waals surface area contributed by atoms with Gasteiger partial charge in [-0.1, -0.05) is 62.2 Å². The molecule has 0 saturated carbocycles. The van der Waals surface area contributed by atoms with Crippen LogP contribution < -0.4 is 5.32 Å². The first-order valence-corrected chi connectivity index (χ1v) is 13.5. The molecule has 1 N–H and O–H groups in total. The summed E-state index contributed by atoms with van der Waals surface area (Å²) in [7, 11) is 0. The highest BCUT2D eigenvalue weighted by atomic mass is 32.2. The molecule has 35 heavy (non-hydrogen) atoms. The van der Waals surface area contributed by atoms with E-state index in [4.69, 9.17) is 9.15 Å². The highest BCUT2D eigenvalue weighted by Crippen LogP contribution is 2.25. The summed E-state index contributed by atoms with van der Waals surface area (Å²) in [5.41, 5.74) is 0.525. The Morgan fingerprint density at radius 1 is 1.06 bits per heavy atom. The zero-order valence-electron chi connectivity index (χ0n) is 21.2. The molecule has 0 spiro atoms. The Balaban J connectivity index is 1.78. The average Bonchev–Trinajstić information content (AvgIpc) is 3.33. The summed E-state index contributed by atoms with van der Waals surface area (Å²) >= 11 is 1.66. The van der Waals surface area contributed by atoms with Crippen LogP contribution in [0.2, 0.25) is 0 Å². The molecule has 0 aliphatic rings. The highest BCUT2D eigenvalue weighted by Gasteiger charge is 2.29. The van der Waals surface area contributed by atoms with Crippen LogP contribution in [0.25, 0.3) is 10.8 Å². The lowest BCUT2D eigenvalue weighted by Crippen LogP contribution is -2.47. The van der Waals surface area contributed by atoms with Crippen molar-refractivity contribution >= 4 is 34.4 Å². The van der Waals surface area contributed by atoms with Crippen LogP contribution in [-0.4, -0.2) is 29.3 Å². The van der Waals surface area contributed by atoms with E-state index in [-0.39, 0.29) is 17.8 Å². The van der Waals surface area contributed by atoms with Crippen LogP contribution in [0.15, 0.2) is 65.3 Å². The maximum absolute atomic E-state index is 13.6. The van der Waals surface area contributed by atoms with Crippen molar-refractivity contribution in [3.8, 4) is 0 Å². The lowest BCUT2D eigenvalue weighted by atomic mass is 9.95. The Hall–Kier alpha value is -2.73. The molecule has 1 aromatic heterocycles. The minimum atomic E-state index is -0.647. The Morgan fingerprint density at radius 3 is 2.54 bits per heavy atom. The van der Waals surface area contributed by atoms with Crippen molar-refractivity contribution in [2.24, 2.45) is 5.92 Å². The van der Waals surface area contributed by atoms with Gasteiger partial charge in [0, 0.05) is 5.75 Å². The molecule has 0 fully saturated rings. The lowest BCUT2D eigenvalue weighted by Gasteiger charge is -2.26. The number of furan rings is 1. The number of hydrogen-bond donors (Lipinski definition) is 1. The standard InChI is InChI=1S/C29H37NO4S/c1-5-6-16-26(28(32)34-29(2,3)4)30-27(31)23(19-35-20-24-14-10-17-33-24)18-22-13-9-12-21-11-7-8-15-25(21)22/h7-15,17,23,26H,5-6,16,18-20H2,1-4H3,(H,30,31)/t23-,26+/m1/s1. The maximum atomic E-state index is 13.6. The molecule has 0 aliphatic carbocycles. The van der Waals surface area contributed by atoms with Crippen LogP contribution >= 0.6 is 11.8 Å². The van der Waals surface area contributed by atoms with Gasteiger partial charge in [-0.05, 0) is 62.1 Å². The SMILES string of the molecule is CCCC[C@H](NC(=O)[C@@H](CSCc1ccco1)Cc1cccc2ccccc12)C(=O)OC(C)(C)C. The van der Waals surface area contributed by atoms with Gasteiger partial charge < -0.3 is 14.5 Å². The van der Waals surface area contributed by atoms with Gasteiger partial charge in [0.25, 0.3) is 0 Å². The van der Waals surface area contributed by atoms with Crippen molar-refractivity contribution in [2.45, 2.75) is 70.8 Å². The maximum Gasteiger partial charge on any atom is 0.329 e. The van der Waals surface area contributed by atoms with Crippen molar-refractivity contribution in [1.29, 1.82) is 0 Å². The molecule has 0 aliphatic heterocycles. The minimum Gasteiger partial charge on any atom is -0.468 e. The number of unbranched alkanes of at least 4 members (excludes halogenated alkanes) is 1. The molecule has 2 atom stereocenters. The molecule has 0 bridgehead atoms. The second-order valence-corrected chi connectivity index (χ2v) is 10.9. The van der Waals surface area contributed by atoms with Crippen LogP contribution in [0, 0.1) is 5.92 Å². The van der Waals surface area contributed by atoms with E-state index in [0.717, 1.165) is 34.9 Å². The zero-order valence-corrected chi connectivity index (χ0v) is 22.0. The predicted molar refractivity (Wildman–Crippen MR) is 143 cm³/mol. The Bertz CT molecular complexity index is 1080. The van der Waals surface area contributed by atoms with Crippen LogP contribution in [0.3, 0.4) is 0 Å². The first kappa shape index (κ1) is 26.9. The third kappa shape index (κ3) is 8.46. The predicted octanol–water partition coefficient (Wildman–Crippen LogP) is 6.54. The van der Waals surface area contributed by atoms with E-state index in [2.05, 4.69) is 36.5 Å². The van der Waals surface area contributed by atoms with Crippen molar-refractivity contribution in [3.05, 3.63) is 72.2 Å². The quantitative estimate of drug-likeness (QED) is 0.289. The molecule has 0 radical (unpaired) electrons. The van der Waals surface area contributed by atoms with E-state index in [1.165, 1.54) is 0 Å². The largest absolute Gasteiger partial charge is 0.468 e. The smallest absolute Gasteiger partial charge is 0.329 e. The Morgan fingerprint density at radius 2 is 1.83 bits per heavy atom. The highest BCUT2D eigenvalue weighted by molar-refractivity contribution is 7.98. The van der Waals surface area contributed by atoms with Gasteiger partial charge in [0.05, 0.1) is 17.9 Å². The number of rotatable bonds is 12. The summed E-state index contributed by atoms with van der Waals surface area (Å²) in [6, 6.07) is 17.6. The van der Waals surface area contributed by atoms with E-state index < -0.39 is 11.6 Å². The number of fused-ring (bicyclic) bond motifs is 1. The fourth-order valence-electron chi connectivity index (χ4n) is 3.98. The van der Waals surface area contributed by atoms with Crippen molar-refractivity contribution in [3.63, 3.8) is 0 Å². The third-order valence-corrected chi connectivity index (χ3v) is 6.84. The topological polar surface area (TPSA) is 68.5 Å². The number of hydrogen-bond acceptors (Lipinski definition) is 5. The van der Waals surface area contributed by atoms with Gasteiger partial charge >= 0.3 is 5.97 Å². The zero-order chi connectivity index (χ0) is 25.3. The number of benzene rings is 2. The molecule has 0 saturated heterocycles. The summed E-state index contributed by atoms with van der Waals surface area (Å²) in [5, 5.41) is 5.34. The lowest BCUT2D eigenvalue weighted by molar-refractivity contribution is -0.159. The molecule has 2 aromatic carbocycles. The number of carbonyl (C=O) groups excluding carboxylic acids is 2. The Labute approximate surface area is 213 Å². The number of thioether (sulfide) groups is 1. The van der Waals surface area contributed by atoms with Crippen LogP contribution in [-0.2, 0) is 26.5 Å². The fourth-order valence-corrected chi connectivity index (χ4v) is 5.02. The molecular weight excluding hydrogens is 458 g/mol. The van der Waals surface area contributed by atoms with E-state index in [1.807, 2.05) is 51.1 Å². The van der Waals surface area contributed by atoms with Gasteiger partial charge in [0.15, 0.2) is 0 Å². The average molecular weight is 496 g/mol. The van der Waals surface area contributed by atoms with Gasteiger partial charge in [0.1, 0.15) is 17.4 Å². The van der Waals surface area contributed by atoms with Crippen LogP contribution in [0.5, 0.6) is 0 Å². The number of nitrogens with one attached hydrogen (secondary N) is 1. The molecule has 1 heterocycles. The van der Waals surface area contributed by atoms with Gasteiger partial charge in [0.2, 0.25) is 5.91 Å². The second-order valence-electron chi connectivity index (χ2n) is 9.87. The first-order valence-electron chi connectivity index (χ1n) is 12.4. The van der Waals surface area contributed by atoms with Crippen LogP contribution in [0.1, 0.15) is 58.3 Å². The summed E-state index contributed by atoms with van der Waals surface area (Å²) in [6.07, 6.45) is 4.60.